The van der Waals surface area contributed by atoms with Crippen LogP contribution >= 0.6 is 11.3 Å². The molecule has 0 bridgehead atoms. The Morgan fingerprint density at radius 3 is 2.61 bits per heavy atom. The van der Waals surface area contributed by atoms with Gasteiger partial charge in [-0.25, -0.2) is 9.78 Å². The van der Waals surface area contributed by atoms with Gasteiger partial charge in [-0.05, 0) is 37.4 Å². The van der Waals surface area contributed by atoms with Gasteiger partial charge in [0.2, 0.25) is 0 Å². The lowest BCUT2D eigenvalue weighted by molar-refractivity contribution is 0.0595. The predicted octanol–water partition coefficient (Wildman–Crippen LogP) is 4.53. The molecule has 1 aromatic heterocycles. The fourth-order valence-electron chi connectivity index (χ4n) is 1.70. The molecular formula is C16H30N2O3SSi. The molecule has 0 aliphatic rings. The summed E-state index contributed by atoms with van der Waals surface area (Å²) in [4.78, 5) is 15.5. The SMILES string of the molecule is COC(=O)c1csc(NCCCCCO[Si](C)(C)C(C)(C)C)n1. The summed E-state index contributed by atoms with van der Waals surface area (Å²) in [6.07, 6.45) is 3.27. The van der Waals surface area contributed by atoms with Gasteiger partial charge in [-0.3, -0.25) is 0 Å². The average Bonchev–Trinajstić information content (AvgIpc) is 2.93. The standard InChI is InChI=1S/C16H30N2O3SSi/c1-16(2,3)23(5,6)21-11-9-7-8-10-17-15-18-13(12-22-15)14(19)20-4/h12H,7-11H2,1-6H3,(H,17,18). The Balaban J connectivity index is 2.14. The Labute approximate surface area is 144 Å². The van der Waals surface area contributed by atoms with E-state index >= 15 is 0 Å². The quantitative estimate of drug-likeness (QED) is 0.399. The molecule has 0 spiro atoms. The van der Waals surface area contributed by atoms with Crippen LogP contribution in [0.25, 0.3) is 0 Å². The molecule has 23 heavy (non-hydrogen) atoms. The first-order chi connectivity index (χ1) is 10.7. The lowest BCUT2D eigenvalue weighted by Gasteiger charge is -2.36. The van der Waals surface area contributed by atoms with Crippen LogP contribution in [0.15, 0.2) is 5.38 Å². The Bertz CT molecular complexity index is 498. The van der Waals surface area contributed by atoms with Crippen molar-refractivity contribution >= 4 is 30.8 Å². The van der Waals surface area contributed by atoms with Crippen LogP contribution in [0.2, 0.25) is 18.1 Å². The Morgan fingerprint density at radius 1 is 1.30 bits per heavy atom. The number of aromatic nitrogens is 1. The smallest absolute Gasteiger partial charge is 0.357 e. The zero-order chi connectivity index (χ0) is 17.5. The zero-order valence-electron chi connectivity index (χ0n) is 15.2. The molecule has 5 nitrogen and oxygen atoms in total. The molecule has 1 aromatic rings. The van der Waals surface area contributed by atoms with Gasteiger partial charge in [0.05, 0.1) is 7.11 Å². The van der Waals surface area contributed by atoms with Crippen molar-refractivity contribution in [3.05, 3.63) is 11.1 Å². The summed E-state index contributed by atoms with van der Waals surface area (Å²) in [5.74, 6) is -0.392. The van der Waals surface area contributed by atoms with Gasteiger partial charge in [0, 0.05) is 18.5 Å². The summed E-state index contributed by atoms with van der Waals surface area (Å²) >= 11 is 1.43. The average molecular weight is 359 g/mol. The normalized spacial score (nSPS) is 12.3. The summed E-state index contributed by atoms with van der Waals surface area (Å²) in [7, 11) is -0.244. The molecule has 1 rings (SSSR count). The van der Waals surface area contributed by atoms with Gasteiger partial charge in [0.15, 0.2) is 19.1 Å². The van der Waals surface area contributed by atoms with E-state index in [2.05, 4.69) is 48.9 Å². The number of ether oxygens (including phenoxy) is 1. The number of carbonyl (C=O) groups is 1. The van der Waals surface area contributed by atoms with E-state index in [1.54, 1.807) is 5.38 Å². The molecule has 7 heteroatoms. The third-order valence-electron chi connectivity index (χ3n) is 4.27. The van der Waals surface area contributed by atoms with Crippen molar-refractivity contribution in [2.75, 3.05) is 25.6 Å². The number of hydrogen-bond donors (Lipinski definition) is 1. The second kappa shape index (κ2) is 8.80. The van der Waals surface area contributed by atoms with Crippen molar-refractivity contribution in [2.45, 2.75) is 58.2 Å². The number of unbranched alkanes of at least 4 members (excludes halogenated alkanes) is 2. The molecule has 0 amide bonds. The van der Waals surface area contributed by atoms with E-state index < -0.39 is 14.3 Å². The van der Waals surface area contributed by atoms with Crippen LogP contribution in [-0.4, -0.2) is 39.5 Å². The summed E-state index contributed by atoms with van der Waals surface area (Å²) < 4.78 is 10.8. The van der Waals surface area contributed by atoms with Crippen LogP contribution in [-0.2, 0) is 9.16 Å². The number of nitrogens with one attached hydrogen (secondary N) is 1. The fraction of sp³-hybridized carbons (Fsp3) is 0.750. The highest BCUT2D eigenvalue weighted by Crippen LogP contribution is 2.36. The minimum atomic E-state index is -1.61. The number of anilines is 1. The maximum atomic E-state index is 11.3. The number of esters is 1. The van der Waals surface area contributed by atoms with E-state index in [1.807, 2.05) is 0 Å². The summed E-state index contributed by atoms with van der Waals surface area (Å²) in [5.41, 5.74) is 0.364. The zero-order valence-corrected chi connectivity index (χ0v) is 17.0. The monoisotopic (exact) mass is 358 g/mol. The van der Waals surface area contributed by atoms with E-state index in [4.69, 9.17) is 4.43 Å². The lowest BCUT2D eigenvalue weighted by atomic mass is 10.2. The van der Waals surface area contributed by atoms with Crippen molar-refractivity contribution in [1.29, 1.82) is 0 Å². The van der Waals surface area contributed by atoms with Crippen molar-refractivity contribution in [3.63, 3.8) is 0 Å². The van der Waals surface area contributed by atoms with Gasteiger partial charge in [0.25, 0.3) is 0 Å². The molecular weight excluding hydrogens is 328 g/mol. The van der Waals surface area contributed by atoms with E-state index in [0.717, 1.165) is 37.5 Å². The fourth-order valence-corrected chi connectivity index (χ4v) is 3.49. The van der Waals surface area contributed by atoms with Gasteiger partial charge in [-0.15, -0.1) is 11.3 Å². The van der Waals surface area contributed by atoms with E-state index in [9.17, 15) is 4.79 Å². The topological polar surface area (TPSA) is 60.5 Å². The number of hydrogen-bond acceptors (Lipinski definition) is 6. The van der Waals surface area contributed by atoms with Gasteiger partial charge in [-0.2, -0.15) is 0 Å². The molecule has 0 aromatic carbocycles. The third-order valence-corrected chi connectivity index (χ3v) is 9.60. The van der Waals surface area contributed by atoms with Crippen molar-refractivity contribution in [3.8, 4) is 0 Å². The van der Waals surface area contributed by atoms with Crippen LogP contribution in [0.4, 0.5) is 5.13 Å². The molecule has 1 heterocycles. The Hall–Kier alpha value is -0.923. The number of nitrogens with zero attached hydrogens (tertiary/aromatic N) is 1. The molecule has 0 saturated carbocycles. The molecule has 0 atom stereocenters. The minimum absolute atomic E-state index is 0.275. The van der Waals surface area contributed by atoms with Crippen LogP contribution in [0.1, 0.15) is 50.5 Å². The predicted molar refractivity (Wildman–Crippen MR) is 98.9 cm³/mol. The molecule has 0 aliphatic heterocycles. The van der Waals surface area contributed by atoms with Gasteiger partial charge in [-0.1, -0.05) is 20.8 Å². The largest absolute Gasteiger partial charge is 0.464 e. The van der Waals surface area contributed by atoms with Gasteiger partial charge in [0.1, 0.15) is 0 Å². The first-order valence-corrected chi connectivity index (χ1v) is 11.9. The van der Waals surface area contributed by atoms with Crippen molar-refractivity contribution in [2.24, 2.45) is 0 Å². The highest BCUT2D eigenvalue weighted by atomic mass is 32.1. The van der Waals surface area contributed by atoms with Crippen LogP contribution in [0, 0.1) is 0 Å². The molecule has 0 fully saturated rings. The number of carbonyl (C=O) groups excluding carboxylic acids is 1. The second-order valence-corrected chi connectivity index (χ2v) is 12.8. The van der Waals surface area contributed by atoms with E-state index in [-0.39, 0.29) is 5.04 Å². The van der Waals surface area contributed by atoms with Crippen molar-refractivity contribution in [1.82, 2.24) is 4.98 Å². The summed E-state index contributed by atoms with van der Waals surface area (Å²) in [5, 5.41) is 5.99. The number of thiazole rings is 1. The molecule has 0 unspecified atom stereocenters. The van der Waals surface area contributed by atoms with Gasteiger partial charge < -0.3 is 14.5 Å². The number of rotatable bonds is 9. The molecule has 0 radical (unpaired) electrons. The molecule has 0 saturated heterocycles. The highest BCUT2D eigenvalue weighted by Gasteiger charge is 2.36. The van der Waals surface area contributed by atoms with Crippen LogP contribution in [0.3, 0.4) is 0 Å². The molecule has 1 N–H and O–H groups in total. The first kappa shape index (κ1) is 20.1. The number of methoxy groups -OCH3 is 1. The van der Waals surface area contributed by atoms with Crippen LogP contribution in [0.5, 0.6) is 0 Å². The summed E-state index contributed by atoms with van der Waals surface area (Å²) in [6, 6.07) is 0. The molecule has 132 valence electrons. The van der Waals surface area contributed by atoms with E-state index in [1.165, 1.54) is 18.4 Å². The third kappa shape index (κ3) is 6.61. The first-order valence-electron chi connectivity index (χ1n) is 8.09. The lowest BCUT2D eigenvalue weighted by Crippen LogP contribution is -2.40. The Morgan fingerprint density at radius 2 is 2.00 bits per heavy atom. The Kier molecular flexibility index (Phi) is 7.70. The molecule has 0 aliphatic carbocycles. The van der Waals surface area contributed by atoms with Crippen molar-refractivity contribution < 1.29 is 14.0 Å². The van der Waals surface area contributed by atoms with Gasteiger partial charge >= 0.3 is 5.97 Å². The minimum Gasteiger partial charge on any atom is -0.464 e. The maximum Gasteiger partial charge on any atom is 0.357 e. The highest BCUT2D eigenvalue weighted by molar-refractivity contribution is 7.13. The van der Waals surface area contributed by atoms with Crippen LogP contribution < -0.4 is 5.32 Å². The van der Waals surface area contributed by atoms with E-state index in [0.29, 0.717) is 5.69 Å². The maximum absolute atomic E-state index is 11.3. The second-order valence-electron chi connectivity index (χ2n) is 7.13. The summed E-state index contributed by atoms with van der Waals surface area (Å²) in [6.45, 7) is 13.1.